The molecule has 0 aliphatic carbocycles. The molecular formula is C21H15Cl2N2O6S-. The zero-order valence-corrected chi connectivity index (χ0v) is 18.8. The normalized spacial score (nSPS) is 11.6. The van der Waals surface area contributed by atoms with Crippen LogP contribution in [0.2, 0.25) is 10.0 Å². The summed E-state index contributed by atoms with van der Waals surface area (Å²) in [5.41, 5.74) is 2.46. The summed E-state index contributed by atoms with van der Waals surface area (Å²) >= 11 is 9.81. The van der Waals surface area contributed by atoms with Gasteiger partial charge < -0.3 is 14.6 Å². The Labute approximate surface area is 196 Å². The maximum absolute atomic E-state index is 12.7. The average molecular weight is 494 g/mol. The molecule has 3 rings (SSSR count). The molecule has 2 aromatic carbocycles. The molecule has 0 saturated carbocycles. The van der Waals surface area contributed by atoms with E-state index < -0.39 is 23.2 Å². The molecule has 0 radical (unpaired) electrons. The molecule has 0 saturated heterocycles. The Balaban J connectivity index is 1.79. The van der Waals surface area contributed by atoms with E-state index in [9.17, 15) is 18.4 Å². The number of carbonyl (C=O) groups is 2. The number of halogens is 2. The number of hydrogen-bond acceptors (Lipinski definition) is 7. The Morgan fingerprint density at radius 1 is 1.09 bits per heavy atom. The zero-order chi connectivity index (χ0) is 23.3. The van der Waals surface area contributed by atoms with Crippen LogP contribution in [0.3, 0.4) is 0 Å². The van der Waals surface area contributed by atoms with E-state index in [0.717, 1.165) is 0 Å². The fraction of sp³-hybridized carbons (Fsp3) is 0.0952. The highest BCUT2D eigenvalue weighted by Crippen LogP contribution is 2.30. The second-order valence-electron chi connectivity index (χ2n) is 6.35. The van der Waals surface area contributed by atoms with Gasteiger partial charge in [0.2, 0.25) is 0 Å². The molecule has 8 nitrogen and oxygen atoms in total. The number of nitrogens with one attached hydrogen (secondary N) is 1. The van der Waals surface area contributed by atoms with Gasteiger partial charge >= 0.3 is 5.97 Å². The van der Waals surface area contributed by atoms with Gasteiger partial charge in [0.15, 0.2) is 0 Å². The number of rotatable bonds is 7. The lowest BCUT2D eigenvalue weighted by Gasteiger charge is -2.11. The highest BCUT2D eigenvalue weighted by molar-refractivity contribution is 7.74. The topological polar surface area (TPSA) is 118 Å². The minimum atomic E-state index is -2.65. The number of methoxy groups -OCH3 is 1. The number of nitrogens with zero attached hydrogens (tertiary/aromatic N) is 1. The van der Waals surface area contributed by atoms with Crippen LogP contribution in [0, 0.1) is 0 Å². The van der Waals surface area contributed by atoms with Crippen LogP contribution < -0.4 is 5.32 Å². The molecule has 0 fully saturated rings. The first-order valence-electron chi connectivity index (χ1n) is 8.95. The molecular weight excluding hydrogens is 479 g/mol. The second kappa shape index (κ2) is 10.7. The molecule has 3 aromatic rings. The summed E-state index contributed by atoms with van der Waals surface area (Å²) in [6.45, 7) is -0.194. The lowest BCUT2D eigenvalue weighted by atomic mass is 10.1. The fourth-order valence-electron chi connectivity index (χ4n) is 2.74. The number of pyridine rings is 1. The van der Waals surface area contributed by atoms with Crippen LogP contribution in [0.25, 0.3) is 11.3 Å². The van der Waals surface area contributed by atoms with Gasteiger partial charge in [0, 0.05) is 17.4 Å². The molecule has 0 spiro atoms. The van der Waals surface area contributed by atoms with Crippen LogP contribution in [-0.4, -0.2) is 32.7 Å². The molecule has 1 unspecified atom stereocenters. The maximum Gasteiger partial charge on any atom is 0.339 e. The van der Waals surface area contributed by atoms with Crippen molar-refractivity contribution < 1.29 is 27.3 Å². The predicted molar refractivity (Wildman–Crippen MR) is 119 cm³/mol. The molecule has 0 aliphatic rings. The highest BCUT2D eigenvalue weighted by atomic mass is 35.5. The van der Waals surface area contributed by atoms with Crippen molar-refractivity contribution in [2.75, 3.05) is 12.4 Å². The quantitative estimate of drug-likeness (QED) is 0.382. The van der Waals surface area contributed by atoms with Gasteiger partial charge in [0.05, 0.1) is 51.9 Å². The van der Waals surface area contributed by atoms with Crippen molar-refractivity contribution in [3.63, 3.8) is 0 Å². The third-order valence-corrected chi connectivity index (χ3v) is 5.24. The first-order chi connectivity index (χ1) is 15.3. The molecule has 166 valence electrons. The molecule has 1 atom stereocenters. The molecule has 1 aromatic heterocycles. The van der Waals surface area contributed by atoms with Gasteiger partial charge in [-0.25, -0.2) is 9.00 Å². The zero-order valence-electron chi connectivity index (χ0n) is 16.5. The summed E-state index contributed by atoms with van der Waals surface area (Å²) in [4.78, 5) is 28.5. The van der Waals surface area contributed by atoms with Gasteiger partial charge in [-0.1, -0.05) is 29.3 Å². The van der Waals surface area contributed by atoms with E-state index in [1.54, 1.807) is 30.3 Å². The molecule has 1 heterocycles. The van der Waals surface area contributed by atoms with Gasteiger partial charge in [-0.2, -0.15) is 0 Å². The van der Waals surface area contributed by atoms with Crippen molar-refractivity contribution in [3.8, 4) is 11.3 Å². The maximum atomic E-state index is 12.7. The first-order valence-corrected chi connectivity index (χ1v) is 10.7. The van der Waals surface area contributed by atoms with Crippen molar-refractivity contribution in [1.29, 1.82) is 0 Å². The van der Waals surface area contributed by atoms with E-state index in [4.69, 9.17) is 23.2 Å². The number of aromatic nitrogens is 1. The molecule has 0 bridgehead atoms. The Bertz CT molecular complexity index is 1190. The smallest absolute Gasteiger partial charge is 0.339 e. The lowest BCUT2D eigenvalue weighted by Crippen LogP contribution is -2.13. The van der Waals surface area contributed by atoms with E-state index in [1.165, 1.54) is 31.5 Å². The minimum Gasteiger partial charge on any atom is -0.750 e. The number of carbonyl (C=O) groups excluding carboxylic acids is 2. The summed E-state index contributed by atoms with van der Waals surface area (Å²) < 4.78 is 30.1. The SMILES string of the molecule is COC(=O)c1ccc(-c2cc(NC(=O)c3ccc(COS(=O)[O-])cc3Cl)ccc2Cl)nc1. The summed E-state index contributed by atoms with van der Waals surface area (Å²) in [7, 11) is 1.28. The van der Waals surface area contributed by atoms with Crippen LogP contribution in [-0.2, 0) is 26.9 Å². The van der Waals surface area contributed by atoms with Gasteiger partial charge in [-0.15, -0.1) is 0 Å². The number of anilines is 1. The van der Waals surface area contributed by atoms with Crippen LogP contribution in [0.15, 0.2) is 54.7 Å². The third-order valence-electron chi connectivity index (χ3n) is 4.28. The summed E-state index contributed by atoms with van der Waals surface area (Å²) in [6, 6.07) is 12.5. The summed E-state index contributed by atoms with van der Waals surface area (Å²) in [5, 5.41) is 3.27. The van der Waals surface area contributed by atoms with Crippen LogP contribution in [0.5, 0.6) is 0 Å². The molecule has 1 amide bonds. The first kappa shape index (κ1) is 23.8. The van der Waals surface area contributed by atoms with Crippen LogP contribution in [0.1, 0.15) is 26.3 Å². The Hall–Kier alpha value is -2.82. The second-order valence-corrected chi connectivity index (χ2v) is 7.81. The number of ether oxygens (including phenoxy) is 1. The monoisotopic (exact) mass is 493 g/mol. The third kappa shape index (κ3) is 5.90. The van der Waals surface area contributed by atoms with Gasteiger partial charge in [0.25, 0.3) is 5.91 Å². The van der Waals surface area contributed by atoms with Crippen LogP contribution in [0.4, 0.5) is 5.69 Å². The van der Waals surface area contributed by atoms with E-state index in [-0.39, 0.29) is 17.2 Å². The number of amides is 1. The molecule has 1 N–H and O–H groups in total. The summed E-state index contributed by atoms with van der Waals surface area (Å²) in [5.74, 6) is -0.982. The highest BCUT2D eigenvalue weighted by Gasteiger charge is 2.14. The fourth-order valence-corrected chi connectivity index (χ4v) is 3.47. The van der Waals surface area contributed by atoms with Crippen molar-refractivity contribution in [2.45, 2.75) is 6.61 Å². The summed E-state index contributed by atoms with van der Waals surface area (Å²) in [6.07, 6.45) is 1.37. The minimum absolute atomic E-state index is 0.134. The number of esters is 1. The molecule has 11 heteroatoms. The van der Waals surface area contributed by atoms with Gasteiger partial charge in [-0.3, -0.25) is 14.0 Å². The van der Waals surface area contributed by atoms with E-state index in [1.807, 2.05) is 0 Å². The van der Waals surface area contributed by atoms with E-state index >= 15 is 0 Å². The molecule has 32 heavy (non-hydrogen) atoms. The van der Waals surface area contributed by atoms with Gasteiger partial charge in [0.1, 0.15) is 0 Å². The van der Waals surface area contributed by atoms with Crippen molar-refractivity contribution >= 4 is 52.1 Å². The number of hydrogen-bond donors (Lipinski definition) is 1. The lowest BCUT2D eigenvalue weighted by molar-refractivity contribution is 0.0600. The standard InChI is InChI=1S/C21H16Cl2N2O6S/c1-30-21(27)13-3-7-19(24-10-13)16-9-14(4-6-17(16)22)25-20(26)15-5-2-12(8-18(15)23)11-31-32(28)29/h2-10H,11H2,1H3,(H,25,26)(H,28,29)/p-1. The Morgan fingerprint density at radius 3 is 2.50 bits per heavy atom. The van der Waals surface area contributed by atoms with E-state index in [2.05, 4.69) is 19.2 Å². The molecule has 0 aliphatic heterocycles. The van der Waals surface area contributed by atoms with Crippen molar-refractivity contribution in [1.82, 2.24) is 4.98 Å². The number of benzene rings is 2. The van der Waals surface area contributed by atoms with E-state index in [0.29, 0.717) is 33.1 Å². The predicted octanol–water partition coefficient (Wildman–Crippen LogP) is 4.41. The van der Waals surface area contributed by atoms with Crippen molar-refractivity contribution in [3.05, 3.63) is 81.5 Å². The van der Waals surface area contributed by atoms with Gasteiger partial charge in [-0.05, 0) is 48.0 Å². The largest absolute Gasteiger partial charge is 0.750 e. The average Bonchev–Trinajstić information content (AvgIpc) is 2.78. The Morgan fingerprint density at radius 2 is 1.88 bits per heavy atom. The Kier molecular flexibility index (Phi) is 7.94. The van der Waals surface area contributed by atoms with Crippen molar-refractivity contribution in [2.24, 2.45) is 0 Å². The van der Waals surface area contributed by atoms with Crippen LogP contribution >= 0.6 is 23.2 Å².